The molecular weight excluding hydrogens is 244 g/mol. The summed E-state index contributed by atoms with van der Waals surface area (Å²) in [6.07, 6.45) is 3.40. The first kappa shape index (κ1) is 14.6. The van der Waals surface area contributed by atoms with Gasteiger partial charge in [0.1, 0.15) is 0 Å². The third-order valence-electron chi connectivity index (χ3n) is 3.89. The van der Waals surface area contributed by atoms with Crippen LogP contribution in [-0.2, 0) is 9.47 Å². The Labute approximate surface area is 115 Å². The van der Waals surface area contributed by atoms with Crippen molar-refractivity contribution in [2.75, 3.05) is 32.8 Å². The van der Waals surface area contributed by atoms with E-state index < -0.39 is 0 Å². The first-order valence-corrected chi connectivity index (χ1v) is 7.43. The molecule has 0 aliphatic carbocycles. The lowest BCUT2D eigenvalue weighted by atomic mass is 9.95. The van der Waals surface area contributed by atoms with Crippen molar-refractivity contribution >= 4 is 6.09 Å². The fourth-order valence-electron chi connectivity index (χ4n) is 2.90. The summed E-state index contributed by atoms with van der Waals surface area (Å²) in [4.78, 5) is 13.7. The number of hydrogen-bond donors (Lipinski definition) is 1. The molecule has 1 N–H and O–H groups in total. The van der Waals surface area contributed by atoms with E-state index in [1.54, 1.807) is 4.90 Å². The van der Waals surface area contributed by atoms with Crippen molar-refractivity contribution in [3.05, 3.63) is 0 Å². The van der Waals surface area contributed by atoms with Gasteiger partial charge in [-0.2, -0.15) is 0 Å². The van der Waals surface area contributed by atoms with Gasteiger partial charge in [0.25, 0.3) is 0 Å². The molecule has 2 fully saturated rings. The lowest BCUT2D eigenvalue weighted by molar-refractivity contribution is -0.0641. The fourth-order valence-corrected chi connectivity index (χ4v) is 2.90. The number of morpholine rings is 1. The van der Waals surface area contributed by atoms with Crippen molar-refractivity contribution in [3.63, 3.8) is 0 Å². The van der Waals surface area contributed by atoms with Gasteiger partial charge in [-0.25, -0.2) is 4.79 Å². The van der Waals surface area contributed by atoms with E-state index in [9.17, 15) is 4.79 Å². The zero-order valence-corrected chi connectivity index (χ0v) is 12.1. The molecule has 0 aromatic carbocycles. The number of rotatable bonds is 3. The molecule has 5 heteroatoms. The van der Waals surface area contributed by atoms with Crippen LogP contribution >= 0.6 is 0 Å². The molecule has 0 bridgehead atoms. The van der Waals surface area contributed by atoms with E-state index in [1.807, 2.05) is 13.8 Å². The minimum atomic E-state index is -0.184. The van der Waals surface area contributed by atoms with Crippen LogP contribution in [0, 0.1) is 5.92 Å². The summed E-state index contributed by atoms with van der Waals surface area (Å²) in [5, 5.41) is 3.35. The number of nitrogens with one attached hydrogen (secondary N) is 1. The number of carbonyl (C=O) groups is 1. The maximum Gasteiger partial charge on any atom is 0.409 e. The highest BCUT2D eigenvalue weighted by atomic mass is 16.6. The van der Waals surface area contributed by atoms with E-state index in [0.717, 1.165) is 19.5 Å². The molecule has 5 nitrogen and oxygen atoms in total. The van der Waals surface area contributed by atoms with Crippen LogP contribution < -0.4 is 5.32 Å². The minimum absolute atomic E-state index is 0.0979. The van der Waals surface area contributed by atoms with Crippen molar-refractivity contribution in [3.8, 4) is 0 Å². The van der Waals surface area contributed by atoms with Crippen molar-refractivity contribution in [2.45, 2.75) is 45.3 Å². The molecule has 2 unspecified atom stereocenters. The first-order chi connectivity index (χ1) is 9.15. The lowest BCUT2D eigenvalue weighted by Crippen LogP contribution is -2.48. The highest BCUT2D eigenvalue weighted by molar-refractivity contribution is 5.67. The van der Waals surface area contributed by atoms with Crippen molar-refractivity contribution < 1.29 is 14.3 Å². The van der Waals surface area contributed by atoms with E-state index in [4.69, 9.17) is 9.47 Å². The molecular formula is C14H26N2O3. The van der Waals surface area contributed by atoms with Crippen LogP contribution in [0.5, 0.6) is 0 Å². The molecule has 0 radical (unpaired) electrons. The SMILES string of the molecule is CC1CN(C(=O)OCCC2CCNCC2)CC(C)O1. The van der Waals surface area contributed by atoms with E-state index in [-0.39, 0.29) is 18.3 Å². The standard InChI is InChI=1S/C14H26N2O3/c1-11-9-16(10-12(2)19-11)14(17)18-8-5-13-3-6-15-7-4-13/h11-13,15H,3-10H2,1-2H3. The van der Waals surface area contributed by atoms with E-state index in [2.05, 4.69) is 5.32 Å². The summed E-state index contributed by atoms with van der Waals surface area (Å²) in [5.41, 5.74) is 0. The normalized spacial score (nSPS) is 29.3. The van der Waals surface area contributed by atoms with Crippen LogP contribution in [-0.4, -0.2) is 56.0 Å². The highest BCUT2D eigenvalue weighted by Crippen LogP contribution is 2.16. The molecule has 0 aromatic rings. The Balaban J connectivity index is 1.65. The molecule has 2 rings (SSSR count). The zero-order chi connectivity index (χ0) is 13.7. The molecule has 2 aliphatic rings. The minimum Gasteiger partial charge on any atom is -0.449 e. The van der Waals surface area contributed by atoms with Crippen LogP contribution in [0.4, 0.5) is 4.79 Å². The van der Waals surface area contributed by atoms with Gasteiger partial charge in [-0.05, 0) is 52.1 Å². The fraction of sp³-hybridized carbons (Fsp3) is 0.929. The Morgan fingerprint density at radius 3 is 2.53 bits per heavy atom. The van der Waals surface area contributed by atoms with Crippen molar-refractivity contribution in [1.29, 1.82) is 0 Å². The smallest absolute Gasteiger partial charge is 0.409 e. The van der Waals surface area contributed by atoms with E-state index >= 15 is 0 Å². The Bertz CT molecular complexity index is 282. The molecule has 2 aliphatic heterocycles. The molecule has 1 amide bonds. The Morgan fingerprint density at radius 2 is 1.89 bits per heavy atom. The second-order valence-electron chi connectivity index (χ2n) is 5.76. The quantitative estimate of drug-likeness (QED) is 0.846. The number of piperidine rings is 1. The second-order valence-corrected chi connectivity index (χ2v) is 5.76. The summed E-state index contributed by atoms with van der Waals surface area (Å²) in [6, 6.07) is 0. The van der Waals surface area contributed by atoms with Gasteiger partial charge in [-0.3, -0.25) is 0 Å². The van der Waals surface area contributed by atoms with Crippen LogP contribution in [0.25, 0.3) is 0 Å². The molecule has 0 saturated carbocycles. The van der Waals surface area contributed by atoms with Gasteiger partial charge in [0, 0.05) is 0 Å². The Morgan fingerprint density at radius 1 is 1.26 bits per heavy atom. The average molecular weight is 270 g/mol. The predicted molar refractivity (Wildman–Crippen MR) is 73.1 cm³/mol. The maximum atomic E-state index is 12.0. The molecule has 2 atom stereocenters. The topological polar surface area (TPSA) is 50.8 Å². The number of amides is 1. The van der Waals surface area contributed by atoms with Crippen LogP contribution in [0.3, 0.4) is 0 Å². The van der Waals surface area contributed by atoms with Crippen molar-refractivity contribution in [1.82, 2.24) is 10.2 Å². The van der Waals surface area contributed by atoms with Gasteiger partial charge >= 0.3 is 6.09 Å². The van der Waals surface area contributed by atoms with Crippen LogP contribution in [0.15, 0.2) is 0 Å². The largest absolute Gasteiger partial charge is 0.449 e. The number of hydrogen-bond acceptors (Lipinski definition) is 4. The third kappa shape index (κ3) is 4.66. The molecule has 0 aromatic heterocycles. The summed E-state index contributed by atoms with van der Waals surface area (Å²) >= 11 is 0. The predicted octanol–water partition coefficient (Wildman–Crippen LogP) is 1.62. The summed E-state index contributed by atoms with van der Waals surface area (Å²) in [5.74, 6) is 0.705. The summed E-state index contributed by atoms with van der Waals surface area (Å²) in [7, 11) is 0. The third-order valence-corrected chi connectivity index (χ3v) is 3.89. The van der Waals surface area contributed by atoms with Gasteiger partial charge < -0.3 is 19.7 Å². The van der Waals surface area contributed by atoms with Gasteiger partial charge in [0.2, 0.25) is 0 Å². The van der Waals surface area contributed by atoms with Crippen LogP contribution in [0.2, 0.25) is 0 Å². The molecule has 0 spiro atoms. The molecule has 2 saturated heterocycles. The number of ether oxygens (including phenoxy) is 2. The van der Waals surface area contributed by atoms with Gasteiger partial charge in [0.15, 0.2) is 0 Å². The Kier molecular flexibility index (Phi) is 5.45. The lowest BCUT2D eigenvalue weighted by Gasteiger charge is -2.34. The number of carbonyl (C=O) groups excluding carboxylic acids is 1. The monoisotopic (exact) mass is 270 g/mol. The maximum absolute atomic E-state index is 12.0. The van der Waals surface area contributed by atoms with Crippen molar-refractivity contribution in [2.24, 2.45) is 5.92 Å². The average Bonchev–Trinajstić information content (AvgIpc) is 2.38. The summed E-state index contributed by atoms with van der Waals surface area (Å²) < 4.78 is 11.0. The molecule has 110 valence electrons. The zero-order valence-electron chi connectivity index (χ0n) is 12.1. The number of nitrogens with zero attached hydrogens (tertiary/aromatic N) is 1. The molecule has 19 heavy (non-hydrogen) atoms. The summed E-state index contributed by atoms with van der Waals surface area (Å²) in [6.45, 7) is 7.99. The highest BCUT2D eigenvalue weighted by Gasteiger charge is 2.26. The Hall–Kier alpha value is -0.810. The van der Waals surface area contributed by atoms with Gasteiger partial charge in [-0.1, -0.05) is 0 Å². The van der Waals surface area contributed by atoms with Gasteiger partial charge in [0.05, 0.1) is 31.9 Å². The van der Waals surface area contributed by atoms with Gasteiger partial charge in [-0.15, -0.1) is 0 Å². The second kappa shape index (κ2) is 7.10. The first-order valence-electron chi connectivity index (χ1n) is 7.43. The van der Waals surface area contributed by atoms with E-state index in [0.29, 0.717) is 25.6 Å². The van der Waals surface area contributed by atoms with E-state index in [1.165, 1.54) is 12.8 Å². The molecule has 2 heterocycles. The van der Waals surface area contributed by atoms with Crippen LogP contribution in [0.1, 0.15) is 33.1 Å².